The van der Waals surface area contributed by atoms with Crippen molar-refractivity contribution < 1.29 is 23.5 Å². The molecule has 2 aromatic carbocycles. The third-order valence-corrected chi connectivity index (χ3v) is 4.94. The number of ether oxygens (including phenoxy) is 3. The number of hydrogen-bond donors (Lipinski definition) is 0. The number of aromatic nitrogens is 2. The van der Waals surface area contributed by atoms with Crippen LogP contribution in [-0.4, -0.2) is 36.5 Å². The van der Waals surface area contributed by atoms with Gasteiger partial charge < -0.3 is 23.6 Å². The van der Waals surface area contributed by atoms with Gasteiger partial charge in [0.2, 0.25) is 12.7 Å². The summed E-state index contributed by atoms with van der Waals surface area (Å²) in [5.41, 5.74) is 1.58. The molecule has 8 heteroatoms. The van der Waals surface area contributed by atoms with E-state index >= 15 is 0 Å². The summed E-state index contributed by atoms with van der Waals surface area (Å²) >= 11 is 0. The molecule has 1 atom stereocenters. The molecular weight excluding hydrogens is 362 g/mol. The zero-order chi connectivity index (χ0) is 19.1. The van der Waals surface area contributed by atoms with E-state index in [0.717, 1.165) is 17.0 Å². The first kappa shape index (κ1) is 16.6. The molecular formula is C20H17N3O5. The van der Waals surface area contributed by atoms with Gasteiger partial charge in [-0.1, -0.05) is 5.16 Å². The first-order valence-corrected chi connectivity index (χ1v) is 8.89. The molecule has 0 spiro atoms. The lowest BCUT2D eigenvalue weighted by Crippen LogP contribution is -2.24. The van der Waals surface area contributed by atoms with E-state index in [2.05, 4.69) is 10.1 Å². The molecule has 2 aliphatic rings. The van der Waals surface area contributed by atoms with Gasteiger partial charge in [0.15, 0.2) is 17.3 Å². The Morgan fingerprint density at radius 3 is 2.75 bits per heavy atom. The van der Waals surface area contributed by atoms with Crippen molar-refractivity contribution in [3.8, 4) is 28.7 Å². The van der Waals surface area contributed by atoms with E-state index in [-0.39, 0.29) is 18.6 Å². The molecule has 0 bridgehead atoms. The van der Waals surface area contributed by atoms with Crippen LogP contribution in [0.2, 0.25) is 0 Å². The van der Waals surface area contributed by atoms with Crippen LogP contribution in [-0.2, 0) is 4.79 Å². The Kier molecular flexibility index (Phi) is 3.89. The lowest BCUT2D eigenvalue weighted by molar-refractivity contribution is -0.117. The number of hydrogen-bond acceptors (Lipinski definition) is 7. The molecule has 0 aliphatic carbocycles. The van der Waals surface area contributed by atoms with Crippen LogP contribution in [0.25, 0.3) is 11.5 Å². The molecule has 0 unspecified atom stereocenters. The highest BCUT2D eigenvalue weighted by Gasteiger charge is 2.34. The third kappa shape index (κ3) is 2.83. The van der Waals surface area contributed by atoms with Crippen molar-refractivity contribution >= 4 is 11.6 Å². The molecule has 8 nitrogen and oxygen atoms in total. The van der Waals surface area contributed by atoms with E-state index in [1.165, 1.54) is 0 Å². The fourth-order valence-electron chi connectivity index (χ4n) is 3.44. The highest BCUT2D eigenvalue weighted by Crippen LogP contribution is 2.36. The standard InChI is InChI=1S/C20H17N3O5/c1-25-15-5-3-14(4-6-15)23-10-13(9-18(23)24)19-21-20(28-22-19)12-2-7-16-17(8-12)27-11-26-16/h2-8,13H,9-11H2,1H3/t13-/m0/s1. The summed E-state index contributed by atoms with van der Waals surface area (Å²) in [6.07, 6.45) is 0.339. The van der Waals surface area contributed by atoms with E-state index < -0.39 is 0 Å². The molecule has 0 N–H and O–H groups in total. The Hall–Kier alpha value is -3.55. The van der Waals surface area contributed by atoms with E-state index in [9.17, 15) is 4.79 Å². The minimum Gasteiger partial charge on any atom is -0.497 e. The van der Waals surface area contributed by atoms with Crippen molar-refractivity contribution in [1.29, 1.82) is 0 Å². The van der Waals surface area contributed by atoms with Crippen molar-refractivity contribution in [3.05, 3.63) is 48.3 Å². The fourth-order valence-corrected chi connectivity index (χ4v) is 3.44. The van der Waals surface area contributed by atoms with Gasteiger partial charge in [-0.15, -0.1) is 0 Å². The monoisotopic (exact) mass is 379 g/mol. The summed E-state index contributed by atoms with van der Waals surface area (Å²) in [4.78, 5) is 18.7. The molecule has 142 valence electrons. The Balaban J connectivity index is 1.35. The van der Waals surface area contributed by atoms with Crippen molar-refractivity contribution in [2.24, 2.45) is 0 Å². The number of rotatable bonds is 4. The highest BCUT2D eigenvalue weighted by molar-refractivity contribution is 5.96. The summed E-state index contributed by atoms with van der Waals surface area (Å²) in [5.74, 6) is 2.92. The molecule has 0 radical (unpaired) electrons. The van der Waals surface area contributed by atoms with E-state index in [1.807, 2.05) is 42.5 Å². The van der Waals surface area contributed by atoms with Crippen LogP contribution in [0.4, 0.5) is 5.69 Å². The molecule has 1 saturated heterocycles. The van der Waals surface area contributed by atoms with E-state index in [4.69, 9.17) is 18.7 Å². The van der Waals surface area contributed by atoms with Crippen LogP contribution in [0.1, 0.15) is 18.2 Å². The topological polar surface area (TPSA) is 86.9 Å². The maximum atomic E-state index is 12.5. The first-order valence-electron chi connectivity index (χ1n) is 8.89. The zero-order valence-electron chi connectivity index (χ0n) is 15.1. The number of anilines is 1. The fraction of sp³-hybridized carbons (Fsp3) is 0.250. The molecule has 3 aromatic rings. The van der Waals surface area contributed by atoms with Crippen molar-refractivity contribution in [3.63, 3.8) is 0 Å². The number of fused-ring (bicyclic) bond motifs is 1. The Morgan fingerprint density at radius 2 is 1.93 bits per heavy atom. The van der Waals surface area contributed by atoms with E-state index in [1.54, 1.807) is 12.0 Å². The van der Waals surface area contributed by atoms with Crippen LogP contribution in [0, 0.1) is 0 Å². The molecule has 1 fully saturated rings. The Morgan fingerprint density at radius 1 is 1.11 bits per heavy atom. The molecule has 0 saturated carbocycles. The largest absolute Gasteiger partial charge is 0.497 e. The SMILES string of the molecule is COc1ccc(N2C[C@@H](c3noc(-c4ccc5c(c4)OCO5)n3)CC2=O)cc1. The second-order valence-corrected chi connectivity index (χ2v) is 6.63. The summed E-state index contributed by atoms with van der Waals surface area (Å²) in [6.45, 7) is 0.713. The van der Waals surface area contributed by atoms with Crippen molar-refractivity contribution in [2.45, 2.75) is 12.3 Å². The van der Waals surface area contributed by atoms with Gasteiger partial charge in [-0.3, -0.25) is 4.79 Å². The maximum absolute atomic E-state index is 12.5. The normalized spacial score (nSPS) is 18.0. The minimum atomic E-state index is -0.124. The lowest BCUT2D eigenvalue weighted by Gasteiger charge is -2.16. The van der Waals surface area contributed by atoms with Gasteiger partial charge in [-0.25, -0.2) is 0 Å². The maximum Gasteiger partial charge on any atom is 0.258 e. The summed E-state index contributed by atoms with van der Waals surface area (Å²) in [7, 11) is 1.61. The number of amides is 1. The van der Waals surface area contributed by atoms with Gasteiger partial charge in [0.1, 0.15) is 5.75 Å². The smallest absolute Gasteiger partial charge is 0.258 e. The second-order valence-electron chi connectivity index (χ2n) is 6.63. The minimum absolute atomic E-state index is 0.0320. The number of benzene rings is 2. The Labute approximate surface area is 160 Å². The van der Waals surface area contributed by atoms with Gasteiger partial charge in [0.05, 0.1) is 7.11 Å². The Bertz CT molecular complexity index is 1030. The molecule has 1 amide bonds. The average Bonchev–Trinajstić information content (AvgIpc) is 3.46. The number of carbonyl (C=O) groups excluding carboxylic acids is 1. The number of carbonyl (C=O) groups is 1. The predicted molar refractivity (Wildman–Crippen MR) is 98.6 cm³/mol. The average molecular weight is 379 g/mol. The quantitative estimate of drug-likeness (QED) is 0.689. The van der Waals surface area contributed by atoms with Crippen LogP contribution >= 0.6 is 0 Å². The second kappa shape index (κ2) is 6.56. The summed E-state index contributed by atoms with van der Waals surface area (Å²) < 4.78 is 21.3. The molecule has 3 heterocycles. The van der Waals surface area contributed by atoms with Gasteiger partial charge >= 0.3 is 0 Å². The van der Waals surface area contributed by atoms with Crippen molar-refractivity contribution in [1.82, 2.24) is 10.1 Å². The predicted octanol–water partition coefficient (Wildman–Crippen LogP) is 2.99. The van der Waals surface area contributed by atoms with Gasteiger partial charge in [-0.2, -0.15) is 4.98 Å². The van der Waals surface area contributed by atoms with Crippen LogP contribution in [0.3, 0.4) is 0 Å². The van der Waals surface area contributed by atoms with Gasteiger partial charge in [0, 0.05) is 30.1 Å². The lowest BCUT2D eigenvalue weighted by atomic mass is 10.1. The molecule has 5 rings (SSSR count). The third-order valence-electron chi connectivity index (χ3n) is 4.94. The van der Waals surface area contributed by atoms with Crippen LogP contribution in [0.5, 0.6) is 17.2 Å². The van der Waals surface area contributed by atoms with Crippen molar-refractivity contribution in [2.75, 3.05) is 25.3 Å². The zero-order valence-corrected chi connectivity index (χ0v) is 15.1. The van der Waals surface area contributed by atoms with Gasteiger partial charge in [-0.05, 0) is 42.5 Å². The number of methoxy groups -OCH3 is 1. The van der Waals surface area contributed by atoms with Crippen LogP contribution in [0.15, 0.2) is 47.0 Å². The first-order chi connectivity index (χ1) is 13.7. The molecule has 1 aromatic heterocycles. The summed E-state index contributed by atoms with van der Waals surface area (Å²) in [5, 5.41) is 4.10. The highest BCUT2D eigenvalue weighted by atomic mass is 16.7. The number of nitrogens with zero attached hydrogens (tertiary/aromatic N) is 3. The molecule has 28 heavy (non-hydrogen) atoms. The molecule has 2 aliphatic heterocycles. The summed E-state index contributed by atoms with van der Waals surface area (Å²) in [6, 6.07) is 12.9. The van der Waals surface area contributed by atoms with E-state index in [0.29, 0.717) is 36.2 Å². The van der Waals surface area contributed by atoms with Crippen LogP contribution < -0.4 is 19.1 Å². The van der Waals surface area contributed by atoms with Gasteiger partial charge in [0.25, 0.3) is 5.89 Å².